The summed E-state index contributed by atoms with van der Waals surface area (Å²) >= 11 is 0. The second-order valence-corrected chi connectivity index (χ2v) is 7.39. The highest BCUT2D eigenvalue weighted by Crippen LogP contribution is 2.28. The maximum atomic E-state index is 12.8. The van der Waals surface area contributed by atoms with Crippen LogP contribution < -0.4 is 9.64 Å². The topological polar surface area (TPSA) is 65.1 Å². The SMILES string of the molecule is CC(OC(=O)c1ccc(OCC2CCCO2)cc1)C(=O)N1CCc2ccccc21. The monoisotopic (exact) mass is 395 g/mol. The first-order chi connectivity index (χ1) is 14.1. The summed E-state index contributed by atoms with van der Waals surface area (Å²) in [6.45, 7) is 3.52. The zero-order valence-corrected chi connectivity index (χ0v) is 16.5. The van der Waals surface area contributed by atoms with E-state index < -0.39 is 12.1 Å². The van der Waals surface area contributed by atoms with Gasteiger partial charge in [-0.2, -0.15) is 0 Å². The summed E-state index contributed by atoms with van der Waals surface area (Å²) in [7, 11) is 0. The van der Waals surface area contributed by atoms with Gasteiger partial charge in [0.15, 0.2) is 6.10 Å². The van der Waals surface area contributed by atoms with Crippen molar-refractivity contribution in [2.24, 2.45) is 0 Å². The molecule has 0 bridgehead atoms. The Morgan fingerprint density at radius 1 is 1.17 bits per heavy atom. The maximum Gasteiger partial charge on any atom is 0.338 e. The van der Waals surface area contributed by atoms with E-state index in [2.05, 4.69) is 0 Å². The lowest BCUT2D eigenvalue weighted by molar-refractivity contribution is -0.126. The smallest absolute Gasteiger partial charge is 0.338 e. The van der Waals surface area contributed by atoms with Crippen LogP contribution in [0, 0.1) is 0 Å². The summed E-state index contributed by atoms with van der Waals surface area (Å²) in [6, 6.07) is 14.6. The lowest BCUT2D eigenvalue weighted by atomic mass is 10.2. The third-order valence-electron chi connectivity index (χ3n) is 5.33. The molecule has 2 aliphatic heterocycles. The molecule has 6 nitrogen and oxygen atoms in total. The van der Waals surface area contributed by atoms with Crippen molar-refractivity contribution in [2.45, 2.75) is 38.4 Å². The normalized spacial score (nSPS) is 18.9. The molecule has 4 rings (SSSR count). The average Bonchev–Trinajstić information content (AvgIpc) is 3.42. The summed E-state index contributed by atoms with van der Waals surface area (Å²) < 4.78 is 16.7. The van der Waals surface area contributed by atoms with Crippen LogP contribution >= 0.6 is 0 Å². The number of benzene rings is 2. The molecule has 2 aromatic carbocycles. The number of hydrogen-bond acceptors (Lipinski definition) is 5. The van der Waals surface area contributed by atoms with Crippen LogP contribution in [0.5, 0.6) is 5.75 Å². The molecule has 29 heavy (non-hydrogen) atoms. The van der Waals surface area contributed by atoms with Gasteiger partial charge >= 0.3 is 5.97 Å². The minimum atomic E-state index is -0.857. The summed E-state index contributed by atoms with van der Waals surface area (Å²) in [5.41, 5.74) is 2.42. The predicted molar refractivity (Wildman–Crippen MR) is 108 cm³/mol. The average molecular weight is 395 g/mol. The van der Waals surface area contributed by atoms with Crippen molar-refractivity contribution in [3.8, 4) is 5.75 Å². The number of fused-ring (bicyclic) bond motifs is 1. The number of hydrogen-bond donors (Lipinski definition) is 0. The Kier molecular flexibility index (Phi) is 5.81. The van der Waals surface area contributed by atoms with Crippen LogP contribution in [0.25, 0.3) is 0 Å². The van der Waals surface area contributed by atoms with E-state index in [9.17, 15) is 9.59 Å². The molecule has 2 aliphatic rings. The number of carbonyl (C=O) groups is 2. The Hall–Kier alpha value is -2.86. The summed E-state index contributed by atoms with van der Waals surface area (Å²) in [5.74, 6) is -0.0568. The number of ether oxygens (including phenoxy) is 3. The molecule has 0 spiro atoms. The molecule has 1 fully saturated rings. The molecule has 152 valence electrons. The third-order valence-corrected chi connectivity index (χ3v) is 5.33. The quantitative estimate of drug-likeness (QED) is 0.702. The molecule has 0 saturated carbocycles. The standard InChI is InChI=1S/C23H25NO5/c1-16(22(25)24-13-12-17-5-2-3-7-21(17)24)29-23(26)18-8-10-19(11-9-18)28-15-20-6-4-14-27-20/h2-3,5,7-11,16,20H,4,6,12-15H2,1H3. The van der Waals surface area contributed by atoms with E-state index in [1.807, 2.05) is 24.3 Å². The van der Waals surface area contributed by atoms with Crippen LogP contribution in [-0.4, -0.2) is 43.8 Å². The summed E-state index contributed by atoms with van der Waals surface area (Å²) in [5, 5.41) is 0. The number of para-hydroxylation sites is 1. The van der Waals surface area contributed by atoms with Gasteiger partial charge in [-0.1, -0.05) is 18.2 Å². The number of amides is 1. The van der Waals surface area contributed by atoms with E-state index in [0.29, 0.717) is 24.5 Å². The maximum absolute atomic E-state index is 12.8. The first kappa shape index (κ1) is 19.5. The van der Waals surface area contributed by atoms with Crippen molar-refractivity contribution in [3.05, 3.63) is 59.7 Å². The van der Waals surface area contributed by atoms with Crippen LogP contribution in [0.15, 0.2) is 48.5 Å². The zero-order chi connectivity index (χ0) is 20.2. The first-order valence-corrected chi connectivity index (χ1v) is 10.1. The molecule has 1 saturated heterocycles. The second kappa shape index (κ2) is 8.66. The lowest BCUT2D eigenvalue weighted by Gasteiger charge is -2.21. The highest BCUT2D eigenvalue weighted by molar-refractivity contribution is 6.00. The van der Waals surface area contributed by atoms with Crippen LogP contribution in [0.3, 0.4) is 0 Å². The van der Waals surface area contributed by atoms with E-state index in [1.165, 1.54) is 0 Å². The number of esters is 1. The van der Waals surface area contributed by atoms with Crippen LogP contribution in [0.1, 0.15) is 35.7 Å². The van der Waals surface area contributed by atoms with Crippen LogP contribution in [0.2, 0.25) is 0 Å². The molecular weight excluding hydrogens is 370 g/mol. The number of carbonyl (C=O) groups excluding carboxylic acids is 2. The van der Waals surface area contributed by atoms with Crippen molar-refractivity contribution in [3.63, 3.8) is 0 Å². The van der Waals surface area contributed by atoms with Gasteiger partial charge in [0.05, 0.1) is 11.7 Å². The van der Waals surface area contributed by atoms with Gasteiger partial charge in [-0.3, -0.25) is 4.79 Å². The molecule has 0 N–H and O–H groups in total. The molecule has 2 atom stereocenters. The summed E-state index contributed by atoms with van der Waals surface area (Å²) in [4.78, 5) is 26.9. The third kappa shape index (κ3) is 4.43. The van der Waals surface area contributed by atoms with Crippen molar-refractivity contribution in [1.82, 2.24) is 0 Å². The number of anilines is 1. The van der Waals surface area contributed by atoms with Gasteiger partial charge in [0.1, 0.15) is 12.4 Å². The molecule has 2 heterocycles. The molecular formula is C23H25NO5. The molecule has 2 aromatic rings. The molecule has 0 aromatic heterocycles. The first-order valence-electron chi connectivity index (χ1n) is 10.1. The fraction of sp³-hybridized carbons (Fsp3) is 0.391. The van der Waals surface area contributed by atoms with Crippen molar-refractivity contribution < 1.29 is 23.8 Å². The number of nitrogens with zero attached hydrogens (tertiary/aromatic N) is 1. The Labute approximate surface area is 170 Å². The van der Waals surface area contributed by atoms with Gasteiger partial charge in [-0.25, -0.2) is 4.79 Å². The van der Waals surface area contributed by atoms with Gasteiger partial charge in [0.2, 0.25) is 0 Å². The van der Waals surface area contributed by atoms with Gasteiger partial charge in [0.25, 0.3) is 5.91 Å². The molecule has 6 heteroatoms. The van der Waals surface area contributed by atoms with Crippen molar-refractivity contribution in [2.75, 3.05) is 24.7 Å². The van der Waals surface area contributed by atoms with E-state index in [-0.39, 0.29) is 12.0 Å². The lowest BCUT2D eigenvalue weighted by Crippen LogP contribution is -2.39. The Bertz CT molecular complexity index is 873. The van der Waals surface area contributed by atoms with Crippen LogP contribution in [-0.2, 0) is 20.7 Å². The van der Waals surface area contributed by atoms with Crippen molar-refractivity contribution in [1.29, 1.82) is 0 Å². The Morgan fingerprint density at radius 2 is 1.97 bits per heavy atom. The van der Waals surface area contributed by atoms with E-state index in [4.69, 9.17) is 14.2 Å². The summed E-state index contributed by atoms with van der Waals surface area (Å²) in [6.07, 6.45) is 2.18. The molecule has 1 amide bonds. The van der Waals surface area contributed by atoms with E-state index in [0.717, 1.165) is 37.1 Å². The fourth-order valence-electron chi connectivity index (χ4n) is 3.72. The molecule has 2 unspecified atom stereocenters. The van der Waals surface area contributed by atoms with Gasteiger partial charge < -0.3 is 19.1 Å². The second-order valence-electron chi connectivity index (χ2n) is 7.39. The van der Waals surface area contributed by atoms with Gasteiger partial charge in [-0.05, 0) is 62.1 Å². The number of rotatable bonds is 6. The highest BCUT2D eigenvalue weighted by Gasteiger charge is 2.30. The van der Waals surface area contributed by atoms with Gasteiger partial charge in [-0.15, -0.1) is 0 Å². The Morgan fingerprint density at radius 3 is 2.72 bits per heavy atom. The molecule has 0 radical (unpaired) electrons. The largest absolute Gasteiger partial charge is 0.491 e. The van der Waals surface area contributed by atoms with Gasteiger partial charge in [0, 0.05) is 18.8 Å². The predicted octanol–water partition coefficient (Wildman–Crippen LogP) is 3.38. The van der Waals surface area contributed by atoms with E-state index >= 15 is 0 Å². The minimum Gasteiger partial charge on any atom is -0.491 e. The molecule has 0 aliphatic carbocycles. The zero-order valence-electron chi connectivity index (χ0n) is 16.5. The van der Waals surface area contributed by atoms with E-state index in [1.54, 1.807) is 36.1 Å². The Balaban J connectivity index is 1.32. The van der Waals surface area contributed by atoms with Crippen LogP contribution in [0.4, 0.5) is 5.69 Å². The van der Waals surface area contributed by atoms with Crippen molar-refractivity contribution >= 4 is 17.6 Å². The minimum absolute atomic E-state index is 0.141. The highest BCUT2D eigenvalue weighted by atomic mass is 16.5. The fourth-order valence-corrected chi connectivity index (χ4v) is 3.72.